The molecule has 2 saturated heterocycles. The van der Waals surface area contributed by atoms with Crippen LogP contribution in [0.3, 0.4) is 0 Å². The molecule has 2 unspecified atom stereocenters. The highest BCUT2D eigenvalue weighted by atomic mass is 16.5. The smallest absolute Gasteiger partial charge is 0.166 e. The van der Waals surface area contributed by atoms with Crippen molar-refractivity contribution in [1.29, 1.82) is 0 Å². The molecular formula is C17H23NO2. The second-order valence-corrected chi connectivity index (χ2v) is 6.31. The molecule has 1 aromatic carbocycles. The van der Waals surface area contributed by atoms with Gasteiger partial charge in [-0.05, 0) is 50.7 Å². The minimum Gasteiger partial charge on any atom is -0.496 e. The number of methoxy groups -OCH3 is 1. The quantitative estimate of drug-likeness (QED) is 0.857. The van der Waals surface area contributed by atoms with E-state index in [1.165, 1.54) is 12.8 Å². The number of fused-ring (bicyclic) bond motifs is 2. The molecule has 1 N–H and O–H groups in total. The van der Waals surface area contributed by atoms with Gasteiger partial charge in [-0.1, -0.05) is 11.6 Å². The van der Waals surface area contributed by atoms with Crippen LogP contribution >= 0.6 is 0 Å². The fourth-order valence-corrected chi connectivity index (χ4v) is 3.75. The highest BCUT2D eigenvalue weighted by molar-refractivity contribution is 5.99. The molecule has 108 valence electrons. The summed E-state index contributed by atoms with van der Waals surface area (Å²) >= 11 is 0. The van der Waals surface area contributed by atoms with E-state index in [9.17, 15) is 4.79 Å². The number of ether oxygens (including phenoxy) is 1. The van der Waals surface area contributed by atoms with Crippen molar-refractivity contribution in [2.45, 2.75) is 51.1 Å². The Kier molecular flexibility index (Phi) is 3.79. The zero-order chi connectivity index (χ0) is 14.1. The van der Waals surface area contributed by atoms with Gasteiger partial charge in [0, 0.05) is 18.5 Å². The lowest BCUT2D eigenvalue weighted by Gasteiger charge is -2.28. The summed E-state index contributed by atoms with van der Waals surface area (Å²) in [5, 5.41) is 3.63. The van der Waals surface area contributed by atoms with E-state index in [-0.39, 0.29) is 5.78 Å². The summed E-state index contributed by atoms with van der Waals surface area (Å²) in [5.74, 6) is 1.47. The third-order valence-electron chi connectivity index (χ3n) is 4.70. The molecule has 3 nitrogen and oxygen atoms in total. The topological polar surface area (TPSA) is 38.3 Å². The molecule has 2 bridgehead atoms. The Morgan fingerprint density at radius 2 is 2.00 bits per heavy atom. The largest absolute Gasteiger partial charge is 0.496 e. The van der Waals surface area contributed by atoms with E-state index < -0.39 is 0 Å². The molecule has 0 radical (unpaired) electrons. The van der Waals surface area contributed by atoms with Gasteiger partial charge in [0.05, 0.1) is 12.7 Å². The van der Waals surface area contributed by atoms with E-state index in [4.69, 9.17) is 4.74 Å². The van der Waals surface area contributed by atoms with Crippen LogP contribution in [0.4, 0.5) is 0 Å². The summed E-state index contributed by atoms with van der Waals surface area (Å²) in [5.41, 5.74) is 1.86. The van der Waals surface area contributed by atoms with Crippen LogP contribution in [0.1, 0.15) is 48.0 Å². The van der Waals surface area contributed by atoms with E-state index in [0.717, 1.165) is 24.0 Å². The fraction of sp³-hybridized carbons (Fsp3) is 0.588. The van der Waals surface area contributed by atoms with Gasteiger partial charge in [-0.25, -0.2) is 0 Å². The van der Waals surface area contributed by atoms with Crippen LogP contribution in [0.5, 0.6) is 5.75 Å². The van der Waals surface area contributed by atoms with Gasteiger partial charge in [0.1, 0.15) is 5.75 Å². The summed E-state index contributed by atoms with van der Waals surface area (Å²) in [6.07, 6.45) is 5.52. The first kappa shape index (κ1) is 13.6. The minimum atomic E-state index is 0.233. The maximum atomic E-state index is 12.6. The number of nitrogens with one attached hydrogen (secondary N) is 1. The number of carbonyl (C=O) groups excluding carboxylic acids is 1. The zero-order valence-electron chi connectivity index (χ0n) is 12.3. The molecule has 1 aromatic rings. The Hall–Kier alpha value is -1.35. The molecule has 20 heavy (non-hydrogen) atoms. The van der Waals surface area contributed by atoms with Crippen molar-refractivity contribution in [3.8, 4) is 5.75 Å². The number of Topliss-reactive ketones (excluding diaryl/α,β-unsaturated/α-hetero) is 1. The highest BCUT2D eigenvalue weighted by Crippen LogP contribution is 2.34. The lowest BCUT2D eigenvalue weighted by molar-refractivity contribution is 0.0942. The molecule has 2 atom stereocenters. The summed E-state index contributed by atoms with van der Waals surface area (Å²) in [6.45, 7) is 2.01. The molecular weight excluding hydrogens is 250 g/mol. The third kappa shape index (κ3) is 2.73. The van der Waals surface area contributed by atoms with Crippen LogP contribution in [-0.4, -0.2) is 25.0 Å². The van der Waals surface area contributed by atoms with Crippen molar-refractivity contribution in [3.05, 3.63) is 29.3 Å². The van der Waals surface area contributed by atoms with Gasteiger partial charge >= 0.3 is 0 Å². The van der Waals surface area contributed by atoms with Crippen molar-refractivity contribution in [2.75, 3.05) is 7.11 Å². The van der Waals surface area contributed by atoms with Gasteiger partial charge in [-0.2, -0.15) is 0 Å². The minimum absolute atomic E-state index is 0.233. The van der Waals surface area contributed by atoms with Gasteiger partial charge in [-0.3, -0.25) is 4.79 Å². The number of piperidine rings is 1. The van der Waals surface area contributed by atoms with E-state index in [0.29, 0.717) is 30.2 Å². The molecule has 3 heteroatoms. The van der Waals surface area contributed by atoms with Crippen LogP contribution in [0.2, 0.25) is 0 Å². The van der Waals surface area contributed by atoms with Crippen LogP contribution in [0.25, 0.3) is 0 Å². The number of rotatable bonds is 4. The maximum Gasteiger partial charge on any atom is 0.166 e. The Morgan fingerprint density at radius 3 is 2.65 bits per heavy atom. The third-order valence-corrected chi connectivity index (χ3v) is 4.70. The van der Waals surface area contributed by atoms with E-state index in [1.54, 1.807) is 7.11 Å². The highest BCUT2D eigenvalue weighted by Gasteiger charge is 2.34. The Bertz CT molecular complexity index is 500. The molecule has 3 rings (SSSR count). The van der Waals surface area contributed by atoms with Gasteiger partial charge in [0.25, 0.3) is 0 Å². The molecule has 0 aromatic heterocycles. The normalized spacial score (nSPS) is 28.4. The summed E-state index contributed by atoms with van der Waals surface area (Å²) in [7, 11) is 1.63. The molecule has 2 heterocycles. The van der Waals surface area contributed by atoms with Crippen molar-refractivity contribution >= 4 is 5.78 Å². The predicted molar refractivity (Wildman–Crippen MR) is 79.3 cm³/mol. The molecule has 0 saturated carbocycles. The summed E-state index contributed by atoms with van der Waals surface area (Å²) in [6, 6.07) is 7.13. The van der Waals surface area contributed by atoms with Crippen molar-refractivity contribution in [2.24, 2.45) is 5.92 Å². The van der Waals surface area contributed by atoms with Crippen molar-refractivity contribution < 1.29 is 9.53 Å². The van der Waals surface area contributed by atoms with Crippen LogP contribution in [-0.2, 0) is 0 Å². The molecule has 0 amide bonds. The fourth-order valence-electron chi connectivity index (χ4n) is 3.75. The van der Waals surface area contributed by atoms with Gasteiger partial charge in [0.15, 0.2) is 5.78 Å². The van der Waals surface area contributed by atoms with E-state index in [2.05, 4.69) is 5.32 Å². The summed E-state index contributed by atoms with van der Waals surface area (Å²) in [4.78, 5) is 12.6. The Morgan fingerprint density at radius 1 is 1.30 bits per heavy atom. The molecule has 0 aliphatic carbocycles. The van der Waals surface area contributed by atoms with Crippen LogP contribution in [0.15, 0.2) is 18.2 Å². The average Bonchev–Trinajstić information content (AvgIpc) is 2.78. The molecule has 2 aliphatic heterocycles. The van der Waals surface area contributed by atoms with E-state index in [1.807, 2.05) is 25.1 Å². The summed E-state index contributed by atoms with van der Waals surface area (Å²) < 4.78 is 5.33. The number of hydrogen-bond acceptors (Lipinski definition) is 3. The second kappa shape index (κ2) is 5.57. The number of ketones is 1. The number of benzene rings is 1. The van der Waals surface area contributed by atoms with Crippen LogP contribution < -0.4 is 10.1 Å². The van der Waals surface area contributed by atoms with Crippen molar-refractivity contribution in [1.82, 2.24) is 5.32 Å². The monoisotopic (exact) mass is 273 g/mol. The van der Waals surface area contributed by atoms with Gasteiger partial charge in [-0.15, -0.1) is 0 Å². The SMILES string of the molecule is COc1ccc(C)cc1C(=O)CC1CC2CCC(C1)N2. The first-order valence-electron chi connectivity index (χ1n) is 7.59. The molecule has 2 aliphatic rings. The second-order valence-electron chi connectivity index (χ2n) is 6.31. The zero-order valence-corrected chi connectivity index (χ0v) is 12.3. The predicted octanol–water partition coefficient (Wildman–Crippen LogP) is 3.11. The first-order valence-corrected chi connectivity index (χ1v) is 7.59. The Balaban J connectivity index is 1.71. The van der Waals surface area contributed by atoms with Crippen molar-refractivity contribution in [3.63, 3.8) is 0 Å². The standard InChI is InChI=1S/C17H23NO2/c1-11-3-6-17(20-2)15(7-11)16(19)10-12-8-13-4-5-14(9-12)18-13/h3,6-7,12-14,18H,4-5,8-10H2,1-2H3. The first-order chi connectivity index (χ1) is 9.65. The lowest BCUT2D eigenvalue weighted by Crippen LogP contribution is -2.38. The number of carbonyl (C=O) groups is 1. The van der Waals surface area contributed by atoms with Gasteiger partial charge < -0.3 is 10.1 Å². The lowest BCUT2D eigenvalue weighted by atomic mass is 9.86. The number of aryl methyl sites for hydroxylation is 1. The average molecular weight is 273 g/mol. The molecule has 2 fully saturated rings. The van der Waals surface area contributed by atoms with E-state index >= 15 is 0 Å². The number of hydrogen-bond donors (Lipinski definition) is 1. The van der Waals surface area contributed by atoms with Gasteiger partial charge in [0.2, 0.25) is 0 Å². The molecule has 0 spiro atoms. The Labute approximate surface area is 120 Å². The van der Waals surface area contributed by atoms with Crippen LogP contribution in [0, 0.1) is 12.8 Å². The maximum absolute atomic E-state index is 12.6.